The van der Waals surface area contributed by atoms with Gasteiger partial charge >= 0.3 is 0 Å². The molecule has 0 aliphatic heterocycles. The monoisotopic (exact) mass is 198 g/mol. The Labute approximate surface area is 80.8 Å². The highest BCUT2D eigenvalue weighted by Gasteiger charge is 2.06. The SMILES string of the molecule is C/C=C/COc1nc(NN)ncc1F. The Hall–Kier alpha value is -1.69. The average molecular weight is 198 g/mol. The molecular weight excluding hydrogens is 187 g/mol. The molecule has 0 unspecified atom stereocenters. The van der Waals surface area contributed by atoms with Crippen LogP contribution in [0.2, 0.25) is 0 Å². The second-order valence-electron chi connectivity index (χ2n) is 2.37. The zero-order chi connectivity index (χ0) is 10.4. The summed E-state index contributed by atoms with van der Waals surface area (Å²) >= 11 is 0. The zero-order valence-corrected chi connectivity index (χ0v) is 7.70. The minimum absolute atomic E-state index is 0.113. The van der Waals surface area contributed by atoms with E-state index in [9.17, 15) is 4.39 Å². The van der Waals surface area contributed by atoms with Gasteiger partial charge in [0.1, 0.15) is 6.61 Å². The van der Waals surface area contributed by atoms with Crippen LogP contribution in [-0.4, -0.2) is 16.6 Å². The van der Waals surface area contributed by atoms with Crippen molar-refractivity contribution in [1.82, 2.24) is 9.97 Å². The molecule has 0 aliphatic rings. The predicted octanol–water partition coefficient (Wildman–Crippen LogP) is 0.856. The van der Waals surface area contributed by atoms with Crippen LogP contribution >= 0.6 is 0 Å². The van der Waals surface area contributed by atoms with Crippen LogP contribution < -0.4 is 16.0 Å². The number of allylic oxidation sites excluding steroid dienone is 1. The van der Waals surface area contributed by atoms with E-state index in [0.717, 1.165) is 6.20 Å². The summed E-state index contributed by atoms with van der Waals surface area (Å²) in [5.41, 5.74) is 2.20. The molecule has 0 amide bonds. The number of aromatic nitrogens is 2. The van der Waals surface area contributed by atoms with Crippen LogP contribution in [-0.2, 0) is 0 Å². The van der Waals surface area contributed by atoms with Crippen molar-refractivity contribution in [3.8, 4) is 5.88 Å². The van der Waals surface area contributed by atoms with E-state index in [1.165, 1.54) is 0 Å². The normalized spacial score (nSPS) is 10.5. The molecule has 1 heterocycles. The molecule has 1 rings (SSSR count). The summed E-state index contributed by atoms with van der Waals surface area (Å²) in [6, 6.07) is 0. The molecule has 0 saturated carbocycles. The third-order valence-corrected chi connectivity index (χ3v) is 1.39. The maximum atomic E-state index is 13.0. The molecule has 0 atom stereocenters. The molecule has 0 spiro atoms. The first-order chi connectivity index (χ1) is 6.77. The molecule has 76 valence electrons. The Morgan fingerprint density at radius 1 is 1.71 bits per heavy atom. The summed E-state index contributed by atoms with van der Waals surface area (Å²) in [4.78, 5) is 7.25. The van der Waals surface area contributed by atoms with E-state index in [2.05, 4.69) is 15.4 Å². The summed E-state index contributed by atoms with van der Waals surface area (Å²) in [7, 11) is 0. The summed E-state index contributed by atoms with van der Waals surface area (Å²) in [5.74, 6) is 4.43. The summed E-state index contributed by atoms with van der Waals surface area (Å²) in [6.45, 7) is 2.10. The molecule has 0 saturated heterocycles. The van der Waals surface area contributed by atoms with Gasteiger partial charge in [0.05, 0.1) is 6.20 Å². The third kappa shape index (κ3) is 2.67. The number of hydrogen-bond acceptors (Lipinski definition) is 5. The van der Waals surface area contributed by atoms with E-state index in [1.54, 1.807) is 12.2 Å². The predicted molar refractivity (Wildman–Crippen MR) is 50.1 cm³/mol. The van der Waals surface area contributed by atoms with Crippen LogP contribution in [0, 0.1) is 5.82 Å². The molecule has 1 aromatic rings. The van der Waals surface area contributed by atoms with Gasteiger partial charge in [-0.1, -0.05) is 12.2 Å². The smallest absolute Gasteiger partial charge is 0.255 e. The topological polar surface area (TPSA) is 73.1 Å². The fourth-order valence-electron chi connectivity index (χ4n) is 0.746. The van der Waals surface area contributed by atoms with Crippen LogP contribution in [0.3, 0.4) is 0 Å². The van der Waals surface area contributed by atoms with Crippen LogP contribution in [0.1, 0.15) is 6.92 Å². The summed E-state index contributed by atoms with van der Waals surface area (Å²) in [5, 5.41) is 0. The maximum Gasteiger partial charge on any atom is 0.255 e. The lowest BCUT2D eigenvalue weighted by Crippen LogP contribution is -2.11. The highest BCUT2D eigenvalue weighted by molar-refractivity contribution is 5.26. The molecule has 6 heteroatoms. The summed E-state index contributed by atoms with van der Waals surface area (Å²) < 4.78 is 18.0. The summed E-state index contributed by atoms with van der Waals surface area (Å²) in [6.07, 6.45) is 4.52. The van der Waals surface area contributed by atoms with Crippen molar-refractivity contribution in [2.75, 3.05) is 12.0 Å². The quantitative estimate of drug-likeness (QED) is 0.426. The molecular formula is C8H11FN4O. The fourth-order valence-corrected chi connectivity index (χ4v) is 0.746. The van der Waals surface area contributed by atoms with Crippen LogP contribution in [0.4, 0.5) is 10.3 Å². The van der Waals surface area contributed by atoms with Gasteiger partial charge in [-0.3, -0.25) is 5.43 Å². The Kier molecular flexibility index (Phi) is 3.81. The molecule has 14 heavy (non-hydrogen) atoms. The van der Waals surface area contributed by atoms with Crippen molar-refractivity contribution in [2.45, 2.75) is 6.92 Å². The first kappa shape index (κ1) is 10.4. The van der Waals surface area contributed by atoms with Crippen LogP contribution in [0.25, 0.3) is 0 Å². The standard InChI is InChI=1S/C8H11FN4O/c1-2-3-4-14-7-6(9)5-11-8(12-7)13-10/h2-3,5H,4,10H2,1H3,(H,11,12,13)/b3-2+. The number of nitrogens with zero attached hydrogens (tertiary/aromatic N) is 2. The number of anilines is 1. The number of ether oxygens (including phenoxy) is 1. The first-order valence-electron chi connectivity index (χ1n) is 4.01. The average Bonchev–Trinajstić information content (AvgIpc) is 2.21. The van der Waals surface area contributed by atoms with Crippen molar-refractivity contribution in [2.24, 2.45) is 5.84 Å². The Bertz CT molecular complexity index is 329. The second-order valence-corrected chi connectivity index (χ2v) is 2.37. The van der Waals surface area contributed by atoms with Gasteiger partial charge in [-0.2, -0.15) is 9.37 Å². The number of hydrazine groups is 1. The molecule has 5 nitrogen and oxygen atoms in total. The van der Waals surface area contributed by atoms with Gasteiger partial charge in [0.25, 0.3) is 5.88 Å². The second kappa shape index (κ2) is 5.13. The highest BCUT2D eigenvalue weighted by atomic mass is 19.1. The van der Waals surface area contributed by atoms with E-state index >= 15 is 0 Å². The minimum atomic E-state index is -0.617. The Balaban J connectivity index is 2.73. The maximum absolute atomic E-state index is 13.0. The first-order valence-corrected chi connectivity index (χ1v) is 4.01. The number of rotatable bonds is 4. The van der Waals surface area contributed by atoms with E-state index in [-0.39, 0.29) is 18.4 Å². The minimum Gasteiger partial charge on any atom is -0.471 e. The van der Waals surface area contributed by atoms with Gasteiger partial charge in [0.15, 0.2) is 0 Å². The van der Waals surface area contributed by atoms with E-state index in [0.29, 0.717) is 0 Å². The number of nitrogens with two attached hydrogens (primary N) is 1. The molecule has 0 bridgehead atoms. The van der Waals surface area contributed by atoms with Crippen molar-refractivity contribution in [1.29, 1.82) is 0 Å². The van der Waals surface area contributed by atoms with Crippen molar-refractivity contribution >= 4 is 5.95 Å². The third-order valence-electron chi connectivity index (χ3n) is 1.39. The number of hydrogen-bond donors (Lipinski definition) is 2. The lowest BCUT2D eigenvalue weighted by atomic mass is 10.5. The number of nitrogen functional groups attached to an aromatic ring is 1. The molecule has 0 fully saturated rings. The number of nitrogens with one attached hydrogen (secondary N) is 1. The van der Waals surface area contributed by atoms with Crippen molar-refractivity contribution in [3.63, 3.8) is 0 Å². The lowest BCUT2D eigenvalue weighted by molar-refractivity contribution is 0.325. The fraction of sp³-hybridized carbons (Fsp3) is 0.250. The molecule has 1 aromatic heterocycles. The Morgan fingerprint density at radius 3 is 3.14 bits per heavy atom. The zero-order valence-electron chi connectivity index (χ0n) is 7.70. The lowest BCUT2D eigenvalue weighted by Gasteiger charge is -2.04. The number of halogens is 1. The van der Waals surface area contributed by atoms with Gasteiger partial charge in [0.2, 0.25) is 11.8 Å². The van der Waals surface area contributed by atoms with Crippen LogP contribution in [0.5, 0.6) is 5.88 Å². The molecule has 0 aromatic carbocycles. The molecule has 3 N–H and O–H groups in total. The largest absolute Gasteiger partial charge is 0.471 e. The van der Waals surface area contributed by atoms with Gasteiger partial charge in [-0.25, -0.2) is 10.8 Å². The van der Waals surface area contributed by atoms with Gasteiger partial charge < -0.3 is 4.74 Å². The molecule has 0 radical (unpaired) electrons. The van der Waals surface area contributed by atoms with E-state index < -0.39 is 5.82 Å². The van der Waals surface area contributed by atoms with Crippen molar-refractivity contribution < 1.29 is 9.13 Å². The van der Waals surface area contributed by atoms with Gasteiger partial charge in [-0.05, 0) is 6.92 Å². The van der Waals surface area contributed by atoms with Crippen molar-refractivity contribution in [3.05, 3.63) is 24.2 Å². The Morgan fingerprint density at radius 2 is 2.50 bits per heavy atom. The van der Waals surface area contributed by atoms with E-state index in [4.69, 9.17) is 10.6 Å². The van der Waals surface area contributed by atoms with Gasteiger partial charge in [0, 0.05) is 0 Å². The molecule has 0 aliphatic carbocycles. The van der Waals surface area contributed by atoms with Gasteiger partial charge in [-0.15, -0.1) is 0 Å². The van der Waals surface area contributed by atoms with Crippen LogP contribution in [0.15, 0.2) is 18.3 Å². The van der Waals surface area contributed by atoms with E-state index in [1.807, 2.05) is 6.92 Å². The highest BCUT2D eigenvalue weighted by Crippen LogP contribution is 2.13.